The van der Waals surface area contributed by atoms with Gasteiger partial charge in [0.2, 0.25) is 0 Å². The van der Waals surface area contributed by atoms with Gasteiger partial charge in [-0.3, -0.25) is 4.79 Å². The number of rotatable bonds is 7. The van der Waals surface area contributed by atoms with Crippen molar-refractivity contribution in [3.63, 3.8) is 0 Å². The minimum atomic E-state index is -0.945. The molecule has 10 nitrogen and oxygen atoms in total. The fourth-order valence-corrected chi connectivity index (χ4v) is 8.12. The molecule has 1 atom stereocenters. The van der Waals surface area contributed by atoms with E-state index in [1.54, 1.807) is 4.90 Å². The van der Waals surface area contributed by atoms with Crippen LogP contribution in [-0.4, -0.2) is 95.8 Å². The maximum atomic E-state index is 14.1. The minimum Gasteiger partial charge on any atom is -0.507 e. The first-order valence-electron chi connectivity index (χ1n) is 17.7. The average molecular weight is 646 g/mol. The SMILES string of the molecule is CCc1cc(C[C@@H](OC(=O)N2CCC(N3CCc4ccccc4NC3=O)CC2)C(=O)N2CCC(C3CCNCC3)CC2)cc(C)c1O. The lowest BCUT2D eigenvalue weighted by Gasteiger charge is -2.39. The summed E-state index contributed by atoms with van der Waals surface area (Å²) in [5, 5.41) is 17.0. The number of hydrogen-bond acceptors (Lipinski definition) is 6. The van der Waals surface area contributed by atoms with Gasteiger partial charge in [-0.15, -0.1) is 0 Å². The number of phenolic OH excluding ortho intramolecular Hbond substituents is 1. The van der Waals surface area contributed by atoms with Crippen LogP contribution in [0.3, 0.4) is 0 Å². The molecule has 2 aromatic rings. The quantitative estimate of drug-likeness (QED) is 0.386. The lowest BCUT2D eigenvalue weighted by atomic mass is 9.79. The molecule has 0 bridgehead atoms. The van der Waals surface area contributed by atoms with Crippen LogP contribution >= 0.6 is 0 Å². The summed E-state index contributed by atoms with van der Waals surface area (Å²) in [6, 6.07) is 11.7. The van der Waals surface area contributed by atoms with Gasteiger partial charge in [0, 0.05) is 50.9 Å². The molecule has 0 aromatic heterocycles. The Hall–Kier alpha value is -3.79. The van der Waals surface area contributed by atoms with Crippen LogP contribution in [0.25, 0.3) is 0 Å². The van der Waals surface area contributed by atoms with Gasteiger partial charge in [0.25, 0.3) is 5.91 Å². The average Bonchev–Trinajstić information content (AvgIpc) is 3.27. The molecule has 6 rings (SSSR count). The summed E-state index contributed by atoms with van der Waals surface area (Å²) in [5.41, 5.74) is 4.44. The van der Waals surface area contributed by atoms with E-state index in [-0.39, 0.29) is 30.2 Å². The summed E-state index contributed by atoms with van der Waals surface area (Å²) < 4.78 is 6.09. The van der Waals surface area contributed by atoms with Crippen molar-refractivity contribution in [1.82, 2.24) is 20.0 Å². The zero-order valence-corrected chi connectivity index (χ0v) is 28.0. The Morgan fingerprint density at radius 1 is 0.936 bits per heavy atom. The van der Waals surface area contributed by atoms with Gasteiger partial charge in [-0.2, -0.15) is 0 Å². The summed E-state index contributed by atoms with van der Waals surface area (Å²) in [4.78, 5) is 46.3. The van der Waals surface area contributed by atoms with Crippen molar-refractivity contribution < 1.29 is 24.2 Å². The Morgan fingerprint density at radius 3 is 2.34 bits per heavy atom. The molecule has 0 aliphatic carbocycles. The highest BCUT2D eigenvalue weighted by Gasteiger charge is 2.36. The fourth-order valence-electron chi connectivity index (χ4n) is 8.12. The van der Waals surface area contributed by atoms with Crippen LogP contribution in [0.4, 0.5) is 15.3 Å². The van der Waals surface area contributed by atoms with Crippen LogP contribution < -0.4 is 10.6 Å². The van der Waals surface area contributed by atoms with Gasteiger partial charge in [-0.1, -0.05) is 37.3 Å². The molecule has 4 heterocycles. The zero-order chi connectivity index (χ0) is 32.9. The number of carbonyl (C=O) groups is 3. The van der Waals surface area contributed by atoms with Crippen molar-refractivity contribution in [2.45, 2.75) is 83.8 Å². The van der Waals surface area contributed by atoms with Crippen LogP contribution in [0.5, 0.6) is 5.75 Å². The number of anilines is 1. The van der Waals surface area contributed by atoms with Gasteiger partial charge >= 0.3 is 12.1 Å². The number of phenols is 1. The number of para-hydroxylation sites is 1. The number of ether oxygens (including phenoxy) is 1. The minimum absolute atomic E-state index is 0.0273. The number of aromatic hydroxyl groups is 1. The number of hydrogen-bond donors (Lipinski definition) is 3. The standard InChI is InChI=1S/C37H51N5O5/c1-3-27-23-26(22-25(2)34(27)43)24-33(35(44)40-17-10-29(11-18-40)28-8-15-38-16-9-28)47-37(46)41-19-13-31(14-20-41)42-21-12-30-6-4-5-7-32(30)39-36(42)45/h4-7,22-23,28-29,31,33,38,43H,3,8-21,24H2,1-2H3,(H,39,45)/t33-/m1/s1. The second-order valence-corrected chi connectivity index (χ2v) is 13.8. The molecule has 0 saturated carbocycles. The Morgan fingerprint density at radius 2 is 1.62 bits per heavy atom. The van der Waals surface area contributed by atoms with Crippen molar-refractivity contribution >= 4 is 23.7 Å². The van der Waals surface area contributed by atoms with Crippen molar-refractivity contribution in [2.24, 2.45) is 11.8 Å². The number of fused-ring (bicyclic) bond motifs is 1. The van der Waals surface area contributed by atoms with Crippen LogP contribution in [0.1, 0.15) is 67.7 Å². The molecular formula is C37H51N5O5. The zero-order valence-electron chi connectivity index (χ0n) is 28.0. The molecular weight excluding hydrogens is 594 g/mol. The third kappa shape index (κ3) is 7.69. The molecule has 10 heteroatoms. The van der Waals surface area contributed by atoms with Gasteiger partial charge in [0.05, 0.1) is 0 Å². The lowest BCUT2D eigenvalue weighted by molar-refractivity contribution is -0.142. The van der Waals surface area contributed by atoms with Crippen LogP contribution in [0.2, 0.25) is 0 Å². The second kappa shape index (κ2) is 15.0. The van der Waals surface area contributed by atoms with Gasteiger partial charge in [-0.25, -0.2) is 9.59 Å². The molecule has 0 radical (unpaired) electrons. The summed E-state index contributed by atoms with van der Waals surface area (Å²) in [6.45, 7) is 8.92. The first-order chi connectivity index (χ1) is 22.8. The van der Waals surface area contributed by atoms with E-state index in [0.29, 0.717) is 63.8 Å². The summed E-state index contributed by atoms with van der Waals surface area (Å²) in [6.07, 6.45) is 5.96. The molecule has 3 saturated heterocycles. The van der Waals surface area contributed by atoms with Crippen molar-refractivity contribution in [3.05, 3.63) is 58.7 Å². The lowest BCUT2D eigenvalue weighted by Crippen LogP contribution is -2.52. The number of nitrogens with one attached hydrogen (secondary N) is 2. The van der Waals surface area contributed by atoms with Crippen LogP contribution in [0, 0.1) is 18.8 Å². The molecule has 3 fully saturated rings. The molecule has 2 aromatic carbocycles. The smallest absolute Gasteiger partial charge is 0.410 e. The highest BCUT2D eigenvalue weighted by molar-refractivity contribution is 5.91. The summed E-state index contributed by atoms with van der Waals surface area (Å²) in [5.74, 6) is 1.49. The number of amides is 4. The van der Waals surface area contributed by atoms with Gasteiger partial charge in [-0.05, 0) is 112 Å². The van der Waals surface area contributed by atoms with E-state index in [1.807, 2.05) is 54.0 Å². The first kappa shape index (κ1) is 33.1. The van der Waals surface area contributed by atoms with Crippen molar-refractivity contribution in [3.8, 4) is 5.75 Å². The monoisotopic (exact) mass is 645 g/mol. The van der Waals surface area contributed by atoms with Crippen molar-refractivity contribution in [1.29, 1.82) is 0 Å². The van der Waals surface area contributed by atoms with E-state index < -0.39 is 12.2 Å². The highest BCUT2D eigenvalue weighted by Crippen LogP contribution is 2.32. The molecule has 254 valence electrons. The number of aryl methyl sites for hydroxylation is 2. The number of urea groups is 1. The largest absolute Gasteiger partial charge is 0.507 e. The summed E-state index contributed by atoms with van der Waals surface area (Å²) in [7, 11) is 0. The molecule has 4 aliphatic heterocycles. The van der Waals surface area contributed by atoms with E-state index in [2.05, 4.69) is 16.7 Å². The number of piperidine rings is 3. The third-order valence-corrected chi connectivity index (χ3v) is 11.0. The van der Waals surface area contributed by atoms with E-state index in [4.69, 9.17) is 4.74 Å². The van der Waals surface area contributed by atoms with Crippen LogP contribution in [0.15, 0.2) is 36.4 Å². The highest BCUT2D eigenvalue weighted by atomic mass is 16.6. The molecule has 4 aliphatic rings. The predicted molar refractivity (Wildman–Crippen MR) is 182 cm³/mol. The van der Waals surface area contributed by atoms with E-state index >= 15 is 0 Å². The molecule has 3 N–H and O–H groups in total. The Bertz CT molecular complexity index is 1430. The van der Waals surface area contributed by atoms with Crippen LogP contribution in [-0.2, 0) is 28.8 Å². The van der Waals surface area contributed by atoms with E-state index in [1.165, 1.54) is 12.8 Å². The van der Waals surface area contributed by atoms with Gasteiger partial charge in [0.1, 0.15) is 5.75 Å². The van der Waals surface area contributed by atoms with Crippen molar-refractivity contribution in [2.75, 3.05) is 51.1 Å². The molecule has 0 spiro atoms. The fraction of sp³-hybridized carbons (Fsp3) is 0.595. The van der Waals surface area contributed by atoms with E-state index in [9.17, 15) is 19.5 Å². The van der Waals surface area contributed by atoms with E-state index in [0.717, 1.165) is 60.3 Å². The Labute approximate surface area is 278 Å². The second-order valence-electron chi connectivity index (χ2n) is 13.8. The Balaban J connectivity index is 1.10. The normalized spacial score (nSPS) is 20.7. The maximum Gasteiger partial charge on any atom is 0.410 e. The number of nitrogens with zero attached hydrogens (tertiary/aromatic N) is 3. The maximum absolute atomic E-state index is 14.1. The number of benzene rings is 2. The first-order valence-corrected chi connectivity index (χ1v) is 17.7. The number of carbonyl (C=O) groups excluding carboxylic acids is 3. The van der Waals surface area contributed by atoms with Gasteiger partial charge in [0.15, 0.2) is 6.10 Å². The number of likely N-dealkylation sites (tertiary alicyclic amines) is 2. The predicted octanol–water partition coefficient (Wildman–Crippen LogP) is 5.10. The molecule has 47 heavy (non-hydrogen) atoms. The third-order valence-electron chi connectivity index (χ3n) is 11.0. The Kier molecular flexibility index (Phi) is 10.5. The summed E-state index contributed by atoms with van der Waals surface area (Å²) >= 11 is 0. The molecule has 4 amide bonds. The van der Waals surface area contributed by atoms with Gasteiger partial charge < -0.3 is 35.2 Å². The molecule has 0 unspecified atom stereocenters. The topological polar surface area (TPSA) is 114 Å².